The maximum atomic E-state index is 6.25. The molecular weight excluding hydrogens is 184 g/mol. The second kappa shape index (κ2) is 3.74. The molecule has 0 atom stereocenters. The number of hydrogen-bond donors (Lipinski definition) is 1. The van der Waals surface area contributed by atoms with Crippen molar-refractivity contribution in [2.24, 2.45) is 5.73 Å². The van der Waals surface area contributed by atoms with Gasteiger partial charge in [-0.2, -0.15) is 0 Å². The first-order valence-corrected chi connectivity index (χ1v) is 5.40. The predicted molar refractivity (Wildman–Crippen MR) is 52.8 cm³/mol. The van der Waals surface area contributed by atoms with Gasteiger partial charge in [-0.05, 0) is 12.8 Å². The van der Waals surface area contributed by atoms with Crippen LogP contribution in [-0.4, -0.2) is 23.7 Å². The van der Waals surface area contributed by atoms with Gasteiger partial charge in [-0.15, -0.1) is 11.3 Å². The first-order chi connectivity index (χ1) is 6.29. The third-order valence-electron chi connectivity index (χ3n) is 2.50. The highest BCUT2D eigenvalue weighted by Crippen LogP contribution is 2.23. The fraction of sp³-hybridized carbons (Fsp3) is 0.667. The average Bonchev–Trinajstić information content (AvgIpc) is 2.57. The molecule has 0 bridgehead atoms. The van der Waals surface area contributed by atoms with Gasteiger partial charge in [0, 0.05) is 36.2 Å². The van der Waals surface area contributed by atoms with Crippen LogP contribution in [0.2, 0.25) is 0 Å². The zero-order chi connectivity index (χ0) is 9.15. The highest BCUT2D eigenvalue weighted by Gasteiger charge is 2.28. The Balaban J connectivity index is 1.99. The molecule has 0 amide bonds. The summed E-state index contributed by atoms with van der Waals surface area (Å²) in [6.45, 7) is 1.60. The fourth-order valence-corrected chi connectivity index (χ4v) is 2.38. The van der Waals surface area contributed by atoms with Crippen molar-refractivity contribution in [3.63, 3.8) is 0 Å². The van der Waals surface area contributed by atoms with E-state index in [1.54, 1.807) is 11.3 Å². The van der Waals surface area contributed by atoms with Crippen LogP contribution in [0.3, 0.4) is 0 Å². The molecular formula is C9H14N2OS. The van der Waals surface area contributed by atoms with Crippen molar-refractivity contribution in [2.45, 2.75) is 24.8 Å². The summed E-state index contributed by atoms with van der Waals surface area (Å²) in [5.74, 6) is 0. The Bertz CT molecular complexity index is 255. The maximum Gasteiger partial charge on any atom is 0.0794 e. The molecule has 1 aliphatic heterocycles. The van der Waals surface area contributed by atoms with E-state index in [1.165, 1.54) is 4.88 Å². The molecule has 1 aromatic heterocycles. The monoisotopic (exact) mass is 198 g/mol. The summed E-state index contributed by atoms with van der Waals surface area (Å²) in [4.78, 5) is 5.33. The van der Waals surface area contributed by atoms with Crippen LogP contribution in [0.1, 0.15) is 17.7 Å². The van der Waals surface area contributed by atoms with Crippen molar-refractivity contribution in [1.29, 1.82) is 0 Å². The SMILES string of the molecule is NC1(Cc2cncs2)CCOCC1. The molecule has 1 aliphatic rings. The van der Waals surface area contributed by atoms with Crippen molar-refractivity contribution in [1.82, 2.24) is 4.98 Å². The van der Waals surface area contributed by atoms with E-state index in [0.717, 1.165) is 32.5 Å². The topological polar surface area (TPSA) is 48.1 Å². The molecule has 0 spiro atoms. The molecule has 1 saturated heterocycles. The van der Waals surface area contributed by atoms with E-state index < -0.39 is 0 Å². The van der Waals surface area contributed by atoms with Crippen LogP contribution >= 0.6 is 11.3 Å². The van der Waals surface area contributed by atoms with Gasteiger partial charge in [-0.25, -0.2) is 0 Å². The molecule has 1 aromatic rings. The van der Waals surface area contributed by atoms with E-state index in [9.17, 15) is 0 Å². The average molecular weight is 198 g/mol. The minimum absolute atomic E-state index is 0.0508. The normalized spacial score (nSPS) is 21.6. The van der Waals surface area contributed by atoms with Crippen molar-refractivity contribution in [3.8, 4) is 0 Å². The quantitative estimate of drug-likeness (QED) is 0.776. The number of nitrogens with two attached hydrogens (primary N) is 1. The summed E-state index contributed by atoms with van der Waals surface area (Å²) < 4.78 is 5.29. The van der Waals surface area contributed by atoms with Gasteiger partial charge in [0.1, 0.15) is 0 Å². The van der Waals surface area contributed by atoms with E-state index in [1.807, 2.05) is 11.7 Å². The predicted octanol–water partition coefficient (Wildman–Crippen LogP) is 1.19. The lowest BCUT2D eigenvalue weighted by Crippen LogP contribution is -2.46. The van der Waals surface area contributed by atoms with Crippen molar-refractivity contribution < 1.29 is 4.74 Å². The molecule has 2 heterocycles. The summed E-state index contributed by atoms with van der Waals surface area (Å²) in [6.07, 6.45) is 4.78. The first kappa shape index (κ1) is 9.12. The highest BCUT2D eigenvalue weighted by molar-refractivity contribution is 7.09. The lowest BCUT2D eigenvalue weighted by atomic mass is 9.87. The van der Waals surface area contributed by atoms with Gasteiger partial charge in [0.25, 0.3) is 0 Å². The van der Waals surface area contributed by atoms with E-state index in [2.05, 4.69) is 4.98 Å². The Morgan fingerprint density at radius 2 is 2.31 bits per heavy atom. The van der Waals surface area contributed by atoms with Crippen LogP contribution in [0.4, 0.5) is 0 Å². The van der Waals surface area contributed by atoms with Crippen LogP contribution in [0, 0.1) is 0 Å². The van der Waals surface area contributed by atoms with Crippen LogP contribution in [0.15, 0.2) is 11.7 Å². The van der Waals surface area contributed by atoms with E-state index in [-0.39, 0.29) is 5.54 Å². The van der Waals surface area contributed by atoms with Gasteiger partial charge in [-0.1, -0.05) is 0 Å². The Morgan fingerprint density at radius 3 is 2.92 bits per heavy atom. The zero-order valence-corrected chi connectivity index (χ0v) is 8.35. The molecule has 3 nitrogen and oxygen atoms in total. The lowest BCUT2D eigenvalue weighted by Gasteiger charge is -2.32. The van der Waals surface area contributed by atoms with E-state index >= 15 is 0 Å². The van der Waals surface area contributed by atoms with Gasteiger partial charge in [0.2, 0.25) is 0 Å². The third-order valence-corrected chi connectivity index (χ3v) is 3.28. The van der Waals surface area contributed by atoms with Crippen LogP contribution < -0.4 is 5.73 Å². The largest absolute Gasteiger partial charge is 0.381 e. The zero-order valence-electron chi connectivity index (χ0n) is 7.53. The van der Waals surface area contributed by atoms with Crippen molar-refractivity contribution >= 4 is 11.3 Å². The summed E-state index contributed by atoms with van der Waals surface area (Å²) in [6, 6.07) is 0. The first-order valence-electron chi connectivity index (χ1n) is 4.53. The molecule has 0 radical (unpaired) electrons. The molecule has 2 N–H and O–H groups in total. The molecule has 0 aliphatic carbocycles. The van der Waals surface area contributed by atoms with Gasteiger partial charge in [-0.3, -0.25) is 4.98 Å². The minimum atomic E-state index is -0.0508. The molecule has 4 heteroatoms. The van der Waals surface area contributed by atoms with Gasteiger partial charge >= 0.3 is 0 Å². The second-order valence-electron chi connectivity index (χ2n) is 3.62. The number of hydrogen-bond acceptors (Lipinski definition) is 4. The summed E-state index contributed by atoms with van der Waals surface area (Å²) >= 11 is 1.68. The minimum Gasteiger partial charge on any atom is -0.381 e. The molecule has 0 unspecified atom stereocenters. The number of ether oxygens (including phenoxy) is 1. The molecule has 1 fully saturated rings. The van der Waals surface area contributed by atoms with Crippen LogP contribution in [0.25, 0.3) is 0 Å². The number of aromatic nitrogens is 1. The summed E-state index contributed by atoms with van der Waals surface area (Å²) in [5.41, 5.74) is 8.06. The van der Waals surface area contributed by atoms with Gasteiger partial charge < -0.3 is 10.5 Å². The van der Waals surface area contributed by atoms with Crippen molar-refractivity contribution in [3.05, 3.63) is 16.6 Å². The lowest BCUT2D eigenvalue weighted by molar-refractivity contribution is 0.0536. The number of rotatable bonds is 2. The van der Waals surface area contributed by atoms with Crippen LogP contribution in [-0.2, 0) is 11.2 Å². The Hall–Kier alpha value is -0.450. The molecule has 0 saturated carbocycles. The Kier molecular flexibility index (Phi) is 2.62. The van der Waals surface area contributed by atoms with E-state index in [0.29, 0.717) is 0 Å². The maximum absolute atomic E-state index is 6.25. The van der Waals surface area contributed by atoms with E-state index in [4.69, 9.17) is 10.5 Å². The Morgan fingerprint density at radius 1 is 1.54 bits per heavy atom. The number of thiazole rings is 1. The Labute approximate surface area is 81.9 Å². The standard InChI is InChI=1S/C9H14N2OS/c10-9(1-3-12-4-2-9)5-8-6-11-7-13-8/h6-7H,1-5,10H2. The fourth-order valence-electron chi connectivity index (χ4n) is 1.63. The van der Waals surface area contributed by atoms with Gasteiger partial charge in [0.15, 0.2) is 0 Å². The molecule has 72 valence electrons. The highest BCUT2D eigenvalue weighted by atomic mass is 32.1. The smallest absolute Gasteiger partial charge is 0.0794 e. The molecule has 2 rings (SSSR count). The molecule has 13 heavy (non-hydrogen) atoms. The summed E-state index contributed by atoms with van der Waals surface area (Å²) in [5, 5.41) is 0. The van der Waals surface area contributed by atoms with Gasteiger partial charge in [0.05, 0.1) is 5.51 Å². The van der Waals surface area contributed by atoms with Crippen LogP contribution in [0.5, 0.6) is 0 Å². The summed E-state index contributed by atoms with van der Waals surface area (Å²) in [7, 11) is 0. The second-order valence-corrected chi connectivity index (χ2v) is 4.59. The molecule has 0 aromatic carbocycles. The third kappa shape index (κ3) is 2.27. The number of nitrogens with zero attached hydrogens (tertiary/aromatic N) is 1. The van der Waals surface area contributed by atoms with Crippen molar-refractivity contribution in [2.75, 3.05) is 13.2 Å².